The van der Waals surface area contributed by atoms with Crippen LogP contribution in [0.25, 0.3) is 0 Å². The van der Waals surface area contributed by atoms with E-state index in [2.05, 4.69) is 10.3 Å². The van der Waals surface area contributed by atoms with Crippen LogP contribution in [0.5, 0.6) is 0 Å². The maximum Gasteiger partial charge on any atom is 0.244 e. The number of pyridine rings is 1. The summed E-state index contributed by atoms with van der Waals surface area (Å²) in [4.78, 5) is 4.15. The van der Waals surface area contributed by atoms with E-state index in [1.165, 1.54) is 10.5 Å². The smallest absolute Gasteiger partial charge is 0.244 e. The normalized spacial score (nSPS) is 22.7. The Kier molecular flexibility index (Phi) is 5.21. The van der Waals surface area contributed by atoms with Crippen molar-refractivity contribution < 1.29 is 13.2 Å². The summed E-state index contributed by atoms with van der Waals surface area (Å²) in [6.45, 7) is 3.39. The van der Waals surface area contributed by atoms with Gasteiger partial charge in [-0.05, 0) is 25.0 Å². The number of aromatic nitrogens is 1. The van der Waals surface area contributed by atoms with Gasteiger partial charge < -0.3 is 10.1 Å². The van der Waals surface area contributed by atoms with Crippen molar-refractivity contribution in [2.24, 2.45) is 0 Å². The summed E-state index contributed by atoms with van der Waals surface area (Å²) in [5.74, 6) is 0. The predicted octanol–water partition coefficient (Wildman–Crippen LogP) is 0.646. The molecule has 8 heteroatoms. The Morgan fingerprint density at radius 1 is 1.33 bits per heavy atom. The molecule has 0 bridgehead atoms. The van der Waals surface area contributed by atoms with Gasteiger partial charge in [0.15, 0.2) is 0 Å². The van der Waals surface area contributed by atoms with Gasteiger partial charge in [-0.1, -0.05) is 0 Å². The lowest BCUT2D eigenvalue weighted by Crippen LogP contribution is -2.56. The molecular formula is C13H20ClN3O3S. The van der Waals surface area contributed by atoms with E-state index in [0.29, 0.717) is 19.7 Å². The number of piperidine rings is 1. The van der Waals surface area contributed by atoms with E-state index in [-0.39, 0.29) is 22.9 Å². The molecule has 0 aliphatic carbocycles. The maximum absolute atomic E-state index is 12.5. The fourth-order valence-corrected chi connectivity index (χ4v) is 4.22. The number of hydrogen-bond donors (Lipinski definition) is 1. The van der Waals surface area contributed by atoms with E-state index in [4.69, 9.17) is 4.74 Å². The molecule has 1 spiro atoms. The van der Waals surface area contributed by atoms with Gasteiger partial charge in [-0.2, -0.15) is 4.31 Å². The second-order valence-electron chi connectivity index (χ2n) is 5.30. The van der Waals surface area contributed by atoms with Gasteiger partial charge in [0.2, 0.25) is 10.0 Å². The standard InChI is InChI=1S/C13H19N3O3S.ClH/c17-20(18,12-2-1-5-14-10-12)16-7-3-13(4-8-16)11-15-6-9-19-13;/h1-2,5,10,15H,3-4,6-9,11H2;1H. The summed E-state index contributed by atoms with van der Waals surface area (Å²) in [6.07, 6.45) is 4.45. The number of hydrogen-bond acceptors (Lipinski definition) is 5. The number of nitrogens with one attached hydrogen (secondary N) is 1. The fraction of sp³-hybridized carbons (Fsp3) is 0.615. The van der Waals surface area contributed by atoms with E-state index >= 15 is 0 Å². The topological polar surface area (TPSA) is 71.5 Å². The molecule has 3 heterocycles. The molecule has 0 atom stereocenters. The molecule has 0 radical (unpaired) electrons. The van der Waals surface area contributed by atoms with Crippen LogP contribution in [0.1, 0.15) is 12.8 Å². The molecule has 2 saturated heterocycles. The average Bonchev–Trinajstić information content (AvgIpc) is 2.49. The van der Waals surface area contributed by atoms with Gasteiger partial charge in [-0.15, -0.1) is 12.4 Å². The van der Waals surface area contributed by atoms with Crippen LogP contribution in [0.2, 0.25) is 0 Å². The Morgan fingerprint density at radius 3 is 2.67 bits per heavy atom. The van der Waals surface area contributed by atoms with Crippen molar-refractivity contribution in [3.63, 3.8) is 0 Å². The van der Waals surface area contributed by atoms with Crippen molar-refractivity contribution in [1.29, 1.82) is 0 Å². The number of sulfonamides is 1. The van der Waals surface area contributed by atoms with E-state index < -0.39 is 10.0 Å². The van der Waals surface area contributed by atoms with Gasteiger partial charge in [-0.3, -0.25) is 4.98 Å². The molecule has 21 heavy (non-hydrogen) atoms. The zero-order valence-corrected chi connectivity index (χ0v) is 13.3. The van der Waals surface area contributed by atoms with E-state index in [1.54, 1.807) is 18.3 Å². The zero-order chi connectivity index (χ0) is 14.1. The molecule has 0 saturated carbocycles. The molecule has 1 aromatic rings. The van der Waals surface area contributed by atoms with Gasteiger partial charge >= 0.3 is 0 Å². The molecule has 118 valence electrons. The first-order chi connectivity index (χ1) is 9.62. The van der Waals surface area contributed by atoms with Crippen molar-refractivity contribution in [3.8, 4) is 0 Å². The van der Waals surface area contributed by atoms with Crippen LogP contribution >= 0.6 is 12.4 Å². The van der Waals surface area contributed by atoms with Crippen LogP contribution in [-0.4, -0.2) is 56.1 Å². The molecule has 2 fully saturated rings. The molecule has 0 amide bonds. The quantitative estimate of drug-likeness (QED) is 0.860. The van der Waals surface area contributed by atoms with Crippen LogP contribution in [-0.2, 0) is 14.8 Å². The Labute approximate surface area is 131 Å². The monoisotopic (exact) mass is 333 g/mol. The minimum Gasteiger partial charge on any atom is -0.372 e. The highest BCUT2D eigenvalue weighted by molar-refractivity contribution is 7.89. The maximum atomic E-state index is 12.5. The van der Waals surface area contributed by atoms with Crippen molar-refractivity contribution in [3.05, 3.63) is 24.5 Å². The highest BCUT2D eigenvalue weighted by Crippen LogP contribution is 2.30. The largest absolute Gasteiger partial charge is 0.372 e. The lowest BCUT2D eigenvalue weighted by atomic mass is 9.91. The van der Waals surface area contributed by atoms with Gasteiger partial charge in [0.05, 0.1) is 12.2 Å². The first-order valence-electron chi connectivity index (χ1n) is 6.87. The van der Waals surface area contributed by atoms with Crippen LogP contribution < -0.4 is 5.32 Å². The van der Waals surface area contributed by atoms with Crippen molar-refractivity contribution in [2.75, 3.05) is 32.8 Å². The van der Waals surface area contributed by atoms with E-state index in [9.17, 15) is 8.42 Å². The lowest BCUT2D eigenvalue weighted by Gasteiger charge is -2.43. The molecule has 6 nitrogen and oxygen atoms in total. The van der Waals surface area contributed by atoms with Gasteiger partial charge in [0.25, 0.3) is 0 Å². The van der Waals surface area contributed by atoms with Crippen molar-refractivity contribution >= 4 is 22.4 Å². The van der Waals surface area contributed by atoms with E-state index in [1.807, 2.05) is 0 Å². The number of halogens is 1. The number of ether oxygens (including phenoxy) is 1. The Bertz CT molecular complexity index is 551. The summed E-state index contributed by atoms with van der Waals surface area (Å²) >= 11 is 0. The van der Waals surface area contributed by atoms with Crippen LogP contribution in [0, 0.1) is 0 Å². The molecule has 3 rings (SSSR count). The molecule has 0 aromatic carbocycles. The Balaban J connectivity index is 0.00000161. The molecule has 0 unspecified atom stereocenters. The summed E-state index contributed by atoms with van der Waals surface area (Å²) in [5.41, 5.74) is -0.181. The first kappa shape index (κ1) is 16.6. The number of rotatable bonds is 2. The first-order valence-corrected chi connectivity index (χ1v) is 8.31. The van der Waals surface area contributed by atoms with Crippen molar-refractivity contribution in [2.45, 2.75) is 23.3 Å². The number of nitrogens with zero attached hydrogens (tertiary/aromatic N) is 2. The molecule has 2 aliphatic heterocycles. The second-order valence-corrected chi connectivity index (χ2v) is 7.24. The Morgan fingerprint density at radius 2 is 2.10 bits per heavy atom. The van der Waals surface area contributed by atoms with Gasteiger partial charge in [-0.25, -0.2) is 8.42 Å². The van der Waals surface area contributed by atoms with Crippen LogP contribution in [0.15, 0.2) is 29.4 Å². The third-order valence-electron chi connectivity index (χ3n) is 4.04. The zero-order valence-electron chi connectivity index (χ0n) is 11.7. The summed E-state index contributed by atoms with van der Waals surface area (Å²) in [5, 5.41) is 3.33. The molecular weight excluding hydrogens is 314 g/mol. The highest BCUT2D eigenvalue weighted by Gasteiger charge is 2.40. The molecule has 1 N–H and O–H groups in total. The van der Waals surface area contributed by atoms with Gasteiger partial charge in [0.1, 0.15) is 4.90 Å². The summed E-state index contributed by atoms with van der Waals surface area (Å²) in [7, 11) is -3.42. The van der Waals surface area contributed by atoms with E-state index in [0.717, 1.165) is 25.9 Å². The molecule has 2 aliphatic rings. The fourth-order valence-electron chi connectivity index (χ4n) is 2.81. The third-order valence-corrected chi connectivity index (χ3v) is 5.92. The SMILES string of the molecule is Cl.O=S(=O)(c1cccnc1)N1CCC2(CC1)CNCCO2. The highest BCUT2D eigenvalue weighted by atomic mass is 35.5. The van der Waals surface area contributed by atoms with Crippen LogP contribution in [0.3, 0.4) is 0 Å². The lowest BCUT2D eigenvalue weighted by molar-refractivity contribution is -0.0915. The summed E-state index contributed by atoms with van der Waals surface area (Å²) in [6, 6.07) is 3.23. The second kappa shape index (κ2) is 6.58. The minimum absolute atomic E-state index is 0. The molecule has 1 aromatic heterocycles. The minimum atomic E-state index is -3.42. The van der Waals surface area contributed by atoms with Crippen molar-refractivity contribution in [1.82, 2.24) is 14.6 Å². The predicted molar refractivity (Wildman–Crippen MR) is 81.0 cm³/mol. The number of morpholine rings is 1. The Hall–Kier alpha value is -0.730. The third kappa shape index (κ3) is 3.37. The van der Waals surface area contributed by atoms with Gasteiger partial charge in [0, 0.05) is 38.6 Å². The average molecular weight is 334 g/mol. The van der Waals surface area contributed by atoms with Crippen LogP contribution in [0.4, 0.5) is 0 Å². The summed E-state index contributed by atoms with van der Waals surface area (Å²) < 4.78 is 32.4.